The van der Waals surface area contributed by atoms with Crippen LogP contribution in [0.3, 0.4) is 0 Å². The van der Waals surface area contributed by atoms with Crippen LogP contribution in [0.4, 0.5) is 5.69 Å². The molecule has 2 aromatic carbocycles. The van der Waals surface area contributed by atoms with Crippen LogP contribution in [0.1, 0.15) is 49.5 Å². The molecule has 2 aliphatic rings. The van der Waals surface area contributed by atoms with Crippen LogP contribution in [-0.2, 0) is 0 Å². The number of aryl methyl sites for hydroxylation is 1. The van der Waals surface area contributed by atoms with E-state index in [0.717, 1.165) is 43.7 Å². The Labute approximate surface area is 200 Å². The van der Waals surface area contributed by atoms with Crippen LogP contribution in [0.5, 0.6) is 0 Å². The van der Waals surface area contributed by atoms with Gasteiger partial charge in [0.25, 0.3) is 11.5 Å². The van der Waals surface area contributed by atoms with Crippen molar-refractivity contribution in [1.29, 1.82) is 0 Å². The lowest BCUT2D eigenvalue weighted by Gasteiger charge is -2.43. The quantitative estimate of drug-likeness (QED) is 0.632. The molecule has 2 fully saturated rings. The summed E-state index contributed by atoms with van der Waals surface area (Å²) in [6.07, 6.45) is 3.64. The second-order valence-electron chi connectivity index (χ2n) is 10.00. The van der Waals surface area contributed by atoms with Gasteiger partial charge < -0.3 is 10.2 Å². The number of hydrogen-bond donors (Lipinski definition) is 1. The summed E-state index contributed by atoms with van der Waals surface area (Å²) >= 11 is 0. The van der Waals surface area contributed by atoms with Crippen molar-refractivity contribution in [3.05, 3.63) is 64.2 Å². The van der Waals surface area contributed by atoms with Gasteiger partial charge in [-0.2, -0.15) is 0 Å². The molecule has 3 aromatic rings. The first kappa shape index (κ1) is 22.6. The SMILES string of the molecule is Cc1ccc(C(=O)NC2CC2)cc1-n1cnc2ccc(N3CCN(C(C)C)[C@H](C)C3)cc2c1=O. The van der Waals surface area contributed by atoms with Gasteiger partial charge >= 0.3 is 0 Å². The number of benzene rings is 2. The fraction of sp³-hybridized carbons (Fsp3) is 0.444. The van der Waals surface area contributed by atoms with Crippen LogP contribution in [0.15, 0.2) is 47.5 Å². The summed E-state index contributed by atoms with van der Waals surface area (Å²) < 4.78 is 1.56. The van der Waals surface area contributed by atoms with Gasteiger partial charge in [0.2, 0.25) is 0 Å². The van der Waals surface area contributed by atoms with Crippen LogP contribution in [0, 0.1) is 6.92 Å². The second-order valence-corrected chi connectivity index (χ2v) is 10.00. The molecule has 1 saturated heterocycles. The summed E-state index contributed by atoms with van der Waals surface area (Å²) in [5.41, 5.74) is 3.77. The molecule has 1 aromatic heterocycles. The van der Waals surface area contributed by atoms with Gasteiger partial charge in [-0.25, -0.2) is 4.98 Å². The topological polar surface area (TPSA) is 70.5 Å². The maximum absolute atomic E-state index is 13.6. The van der Waals surface area contributed by atoms with Crippen LogP contribution < -0.4 is 15.8 Å². The zero-order valence-corrected chi connectivity index (χ0v) is 20.4. The molecule has 7 nitrogen and oxygen atoms in total. The molecular formula is C27H33N5O2. The first-order valence-corrected chi connectivity index (χ1v) is 12.3. The Balaban J connectivity index is 1.49. The Hall–Kier alpha value is -3.19. The lowest BCUT2D eigenvalue weighted by atomic mass is 10.1. The summed E-state index contributed by atoms with van der Waals surface area (Å²) in [6.45, 7) is 11.5. The minimum atomic E-state index is -0.122. The van der Waals surface area contributed by atoms with Crippen LogP contribution in [0.2, 0.25) is 0 Å². The van der Waals surface area contributed by atoms with Gasteiger partial charge in [-0.1, -0.05) is 6.07 Å². The number of carbonyl (C=O) groups is 1. The van der Waals surface area contributed by atoms with E-state index in [1.54, 1.807) is 17.0 Å². The first-order chi connectivity index (χ1) is 16.3. The molecule has 178 valence electrons. The maximum atomic E-state index is 13.6. The fourth-order valence-electron chi connectivity index (χ4n) is 4.96. The number of nitrogens with zero attached hydrogens (tertiary/aromatic N) is 4. The van der Waals surface area contributed by atoms with Crippen molar-refractivity contribution in [2.75, 3.05) is 24.5 Å². The minimum absolute atomic E-state index is 0.0949. The average molecular weight is 460 g/mol. The molecule has 0 bridgehead atoms. The molecule has 0 unspecified atom stereocenters. The third-order valence-electron chi connectivity index (χ3n) is 7.09. The molecule has 7 heteroatoms. The first-order valence-electron chi connectivity index (χ1n) is 12.3. The highest BCUT2D eigenvalue weighted by Gasteiger charge is 2.26. The summed E-state index contributed by atoms with van der Waals surface area (Å²) in [6, 6.07) is 12.7. The lowest BCUT2D eigenvalue weighted by Crippen LogP contribution is -2.54. The zero-order chi connectivity index (χ0) is 24.0. The Morgan fingerprint density at radius 1 is 1.12 bits per heavy atom. The molecular weight excluding hydrogens is 426 g/mol. The standard InChI is InChI=1S/C27H33N5O2/c1-17(2)31-12-11-30(15-19(31)4)22-9-10-24-23(14-22)27(34)32(16-28-24)25-13-20(6-5-18(25)3)26(33)29-21-7-8-21/h5-6,9-10,13-14,16-17,19,21H,7-8,11-12,15H2,1-4H3,(H,29,33)/t19-/m1/s1. The van der Waals surface area contributed by atoms with Gasteiger partial charge in [0.15, 0.2) is 0 Å². The Bertz CT molecular complexity index is 1290. The van der Waals surface area contributed by atoms with Gasteiger partial charge in [0.05, 0.1) is 16.6 Å². The molecule has 0 spiro atoms. The molecule has 1 atom stereocenters. The molecule has 1 saturated carbocycles. The van der Waals surface area contributed by atoms with Gasteiger partial charge in [-0.3, -0.25) is 19.1 Å². The van der Waals surface area contributed by atoms with E-state index < -0.39 is 0 Å². The highest BCUT2D eigenvalue weighted by molar-refractivity contribution is 5.95. The number of nitrogens with one attached hydrogen (secondary N) is 1. The summed E-state index contributed by atoms with van der Waals surface area (Å²) in [5, 5.41) is 3.61. The van der Waals surface area contributed by atoms with Crippen molar-refractivity contribution in [3.8, 4) is 5.69 Å². The third kappa shape index (κ3) is 4.32. The number of aromatic nitrogens is 2. The van der Waals surface area contributed by atoms with Gasteiger partial charge in [0, 0.05) is 49.0 Å². The van der Waals surface area contributed by atoms with Gasteiger partial charge in [-0.05, 0) is 76.4 Å². The van der Waals surface area contributed by atoms with Crippen LogP contribution in [-0.4, -0.2) is 58.1 Å². The van der Waals surface area contributed by atoms with E-state index in [9.17, 15) is 9.59 Å². The summed E-state index contributed by atoms with van der Waals surface area (Å²) in [7, 11) is 0. The van der Waals surface area contributed by atoms with Crippen molar-refractivity contribution in [3.63, 3.8) is 0 Å². The van der Waals surface area contributed by atoms with Gasteiger partial charge in [0.1, 0.15) is 6.33 Å². The van der Waals surface area contributed by atoms with E-state index in [-0.39, 0.29) is 17.5 Å². The molecule has 5 rings (SSSR count). The second kappa shape index (κ2) is 8.87. The van der Waals surface area contributed by atoms with E-state index in [0.29, 0.717) is 34.2 Å². The third-order valence-corrected chi connectivity index (χ3v) is 7.09. The van der Waals surface area contributed by atoms with Crippen molar-refractivity contribution in [1.82, 2.24) is 19.8 Å². The highest BCUT2D eigenvalue weighted by Crippen LogP contribution is 2.24. The molecule has 1 aliphatic carbocycles. The average Bonchev–Trinajstić information content (AvgIpc) is 3.63. The lowest BCUT2D eigenvalue weighted by molar-refractivity contribution is 0.0951. The minimum Gasteiger partial charge on any atom is -0.369 e. The Kier molecular flexibility index (Phi) is 5.90. The van der Waals surface area contributed by atoms with Crippen molar-refractivity contribution in [2.24, 2.45) is 0 Å². The molecule has 1 aliphatic heterocycles. The number of fused-ring (bicyclic) bond motifs is 1. The van der Waals surface area contributed by atoms with E-state index >= 15 is 0 Å². The maximum Gasteiger partial charge on any atom is 0.265 e. The van der Waals surface area contributed by atoms with E-state index in [1.807, 2.05) is 31.2 Å². The number of rotatable bonds is 5. The molecule has 0 radical (unpaired) electrons. The number of piperazine rings is 1. The normalized spacial score (nSPS) is 19.1. The van der Waals surface area contributed by atoms with Crippen LogP contribution in [0.25, 0.3) is 16.6 Å². The highest BCUT2D eigenvalue weighted by atomic mass is 16.1. The number of amides is 1. The number of carbonyl (C=O) groups excluding carboxylic acids is 1. The molecule has 1 N–H and O–H groups in total. The van der Waals surface area contributed by atoms with E-state index in [2.05, 4.69) is 46.9 Å². The van der Waals surface area contributed by atoms with Crippen molar-refractivity contribution in [2.45, 2.75) is 58.7 Å². The van der Waals surface area contributed by atoms with E-state index in [4.69, 9.17) is 0 Å². The monoisotopic (exact) mass is 459 g/mol. The zero-order valence-electron chi connectivity index (χ0n) is 20.4. The van der Waals surface area contributed by atoms with Gasteiger partial charge in [-0.15, -0.1) is 0 Å². The number of hydrogen-bond acceptors (Lipinski definition) is 5. The number of anilines is 1. The van der Waals surface area contributed by atoms with Crippen molar-refractivity contribution >= 4 is 22.5 Å². The Morgan fingerprint density at radius 2 is 1.91 bits per heavy atom. The van der Waals surface area contributed by atoms with Crippen molar-refractivity contribution < 1.29 is 4.79 Å². The molecule has 2 heterocycles. The summed E-state index contributed by atoms with van der Waals surface area (Å²) in [5.74, 6) is -0.0949. The Morgan fingerprint density at radius 3 is 2.62 bits per heavy atom. The fourth-order valence-corrected chi connectivity index (χ4v) is 4.96. The summed E-state index contributed by atoms with van der Waals surface area (Å²) in [4.78, 5) is 35.6. The predicted molar refractivity (Wildman–Crippen MR) is 136 cm³/mol. The largest absolute Gasteiger partial charge is 0.369 e. The predicted octanol–water partition coefficient (Wildman–Crippen LogP) is 3.51. The van der Waals surface area contributed by atoms with E-state index in [1.165, 1.54) is 0 Å². The molecule has 34 heavy (non-hydrogen) atoms. The van der Waals surface area contributed by atoms with Crippen LogP contribution >= 0.6 is 0 Å². The smallest absolute Gasteiger partial charge is 0.265 e. The molecule has 1 amide bonds.